The second kappa shape index (κ2) is 9.24. The highest BCUT2D eigenvalue weighted by Gasteiger charge is 2.33. The van der Waals surface area contributed by atoms with E-state index in [4.69, 9.17) is 4.74 Å². The van der Waals surface area contributed by atoms with E-state index in [-0.39, 0.29) is 12.0 Å². The summed E-state index contributed by atoms with van der Waals surface area (Å²) in [5.74, 6) is 0.0870. The molecule has 3 rings (SSSR count). The Hall–Kier alpha value is -1.34. The van der Waals surface area contributed by atoms with E-state index in [0.29, 0.717) is 30.2 Å². The summed E-state index contributed by atoms with van der Waals surface area (Å²) in [4.78, 5) is 25.1. The van der Waals surface area contributed by atoms with Gasteiger partial charge in [0.05, 0.1) is 18.2 Å². The molecular formula is C20H24Br2N2O3. The predicted octanol–water partition coefficient (Wildman–Crippen LogP) is 5.35. The lowest BCUT2D eigenvalue weighted by Crippen LogP contribution is -2.46. The minimum atomic E-state index is -0.540. The smallest absolute Gasteiger partial charge is 0.338 e. The third kappa shape index (κ3) is 5.13. The number of urea groups is 1. The molecule has 1 unspecified atom stereocenters. The van der Waals surface area contributed by atoms with Crippen LogP contribution < -0.4 is 10.6 Å². The van der Waals surface area contributed by atoms with Crippen molar-refractivity contribution in [2.24, 2.45) is 5.92 Å². The molecule has 7 heteroatoms. The normalized spacial score (nSPS) is 20.9. The molecule has 1 saturated carbocycles. The molecular weight excluding hydrogens is 476 g/mol. The van der Waals surface area contributed by atoms with E-state index in [1.165, 1.54) is 19.3 Å². The van der Waals surface area contributed by atoms with Crippen LogP contribution in [-0.2, 0) is 9.53 Å². The summed E-state index contributed by atoms with van der Waals surface area (Å²) < 4.78 is 7.43. The van der Waals surface area contributed by atoms with Gasteiger partial charge in [-0.2, -0.15) is 0 Å². The Balaban J connectivity index is 1.86. The summed E-state index contributed by atoms with van der Waals surface area (Å²) >= 11 is 6.95. The maximum absolute atomic E-state index is 13.0. The van der Waals surface area contributed by atoms with Gasteiger partial charge in [-0.3, -0.25) is 0 Å². The Bertz CT molecular complexity index is 737. The molecule has 0 radical (unpaired) electrons. The quantitative estimate of drug-likeness (QED) is 0.536. The van der Waals surface area contributed by atoms with E-state index in [1.807, 2.05) is 25.1 Å². The molecule has 0 bridgehead atoms. The number of benzene rings is 1. The lowest BCUT2D eigenvalue weighted by Gasteiger charge is -2.30. The van der Waals surface area contributed by atoms with Gasteiger partial charge in [-0.15, -0.1) is 0 Å². The number of ether oxygens (including phenoxy) is 1. The largest absolute Gasteiger partial charge is 0.462 e. The van der Waals surface area contributed by atoms with E-state index >= 15 is 0 Å². The topological polar surface area (TPSA) is 67.4 Å². The van der Waals surface area contributed by atoms with E-state index in [2.05, 4.69) is 42.5 Å². The summed E-state index contributed by atoms with van der Waals surface area (Å²) in [5, 5.41) is 5.64. The number of carbonyl (C=O) groups excluding carboxylic acids is 2. The van der Waals surface area contributed by atoms with Crippen LogP contribution >= 0.6 is 31.9 Å². The van der Waals surface area contributed by atoms with Crippen molar-refractivity contribution >= 4 is 43.9 Å². The second-order valence-corrected chi connectivity index (χ2v) is 8.91. The van der Waals surface area contributed by atoms with Crippen LogP contribution in [0.1, 0.15) is 57.1 Å². The summed E-state index contributed by atoms with van der Waals surface area (Å²) in [7, 11) is 0. The predicted molar refractivity (Wildman–Crippen MR) is 111 cm³/mol. The number of hydrogen-bond donors (Lipinski definition) is 2. The first-order valence-corrected chi connectivity index (χ1v) is 11.0. The molecule has 2 amide bonds. The first-order chi connectivity index (χ1) is 13.0. The number of esters is 1. The van der Waals surface area contributed by atoms with Crippen LogP contribution in [0, 0.1) is 5.92 Å². The molecule has 1 fully saturated rings. The zero-order chi connectivity index (χ0) is 19.4. The number of rotatable bonds is 5. The fourth-order valence-electron chi connectivity index (χ4n) is 3.75. The Kier molecular flexibility index (Phi) is 6.98. The molecule has 1 heterocycles. The third-order valence-electron chi connectivity index (χ3n) is 5.12. The Morgan fingerprint density at radius 2 is 1.81 bits per heavy atom. The highest BCUT2D eigenvalue weighted by Crippen LogP contribution is 2.33. The van der Waals surface area contributed by atoms with Crippen LogP contribution in [-0.4, -0.2) is 18.6 Å². The molecule has 27 heavy (non-hydrogen) atoms. The zero-order valence-corrected chi connectivity index (χ0v) is 18.5. The van der Waals surface area contributed by atoms with Crippen molar-refractivity contribution < 1.29 is 14.3 Å². The molecule has 1 aliphatic carbocycles. The van der Waals surface area contributed by atoms with Crippen LogP contribution in [0.15, 0.2) is 38.4 Å². The summed E-state index contributed by atoms with van der Waals surface area (Å²) in [6.45, 7) is 2.37. The van der Waals surface area contributed by atoms with Crippen molar-refractivity contribution in [3.63, 3.8) is 0 Å². The average molecular weight is 500 g/mol. The van der Waals surface area contributed by atoms with Gasteiger partial charge < -0.3 is 15.4 Å². The minimum absolute atomic E-state index is 0.309. The van der Waals surface area contributed by atoms with Gasteiger partial charge in [0.1, 0.15) is 0 Å². The molecule has 1 atom stereocenters. The second-order valence-electron chi connectivity index (χ2n) is 7.08. The van der Waals surface area contributed by atoms with Crippen molar-refractivity contribution in [2.45, 2.75) is 51.5 Å². The molecule has 1 aromatic carbocycles. The molecule has 2 N–H and O–H groups in total. The molecule has 0 aromatic heterocycles. The number of allylic oxidation sites excluding steroid dienone is 1. The van der Waals surface area contributed by atoms with Crippen LogP contribution in [0.2, 0.25) is 0 Å². The fraction of sp³-hybridized carbons (Fsp3) is 0.500. The van der Waals surface area contributed by atoms with Gasteiger partial charge in [-0.25, -0.2) is 9.59 Å². The van der Waals surface area contributed by atoms with E-state index in [9.17, 15) is 9.59 Å². The van der Waals surface area contributed by atoms with Crippen molar-refractivity contribution in [3.8, 4) is 0 Å². The van der Waals surface area contributed by atoms with Crippen LogP contribution in [0.25, 0.3) is 0 Å². The SMILES string of the molecule is CCC1=C(C(=O)OCC2CCCCC2)C(c2cc(Br)cc(Br)c2)NC(=O)N1. The zero-order valence-electron chi connectivity index (χ0n) is 15.3. The van der Waals surface area contributed by atoms with Gasteiger partial charge in [0.2, 0.25) is 0 Å². The monoisotopic (exact) mass is 498 g/mol. The summed E-state index contributed by atoms with van der Waals surface area (Å²) in [5.41, 5.74) is 1.92. The Morgan fingerprint density at radius 1 is 1.15 bits per heavy atom. The number of amides is 2. The molecule has 146 valence electrons. The third-order valence-corrected chi connectivity index (χ3v) is 6.04. The van der Waals surface area contributed by atoms with Gasteiger partial charge in [-0.1, -0.05) is 58.0 Å². The average Bonchev–Trinajstić information content (AvgIpc) is 2.65. The van der Waals surface area contributed by atoms with Crippen molar-refractivity contribution in [1.29, 1.82) is 0 Å². The fourth-order valence-corrected chi connectivity index (χ4v) is 5.08. The molecule has 1 aromatic rings. The minimum Gasteiger partial charge on any atom is -0.462 e. The number of hydrogen-bond acceptors (Lipinski definition) is 3. The first-order valence-electron chi connectivity index (χ1n) is 9.41. The first kappa shape index (κ1) is 20.4. The van der Waals surface area contributed by atoms with Crippen LogP contribution in [0.5, 0.6) is 0 Å². The maximum atomic E-state index is 13.0. The van der Waals surface area contributed by atoms with Gasteiger partial charge in [-0.05, 0) is 48.9 Å². The van der Waals surface area contributed by atoms with Crippen LogP contribution in [0.3, 0.4) is 0 Å². The van der Waals surface area contributed by atoms with Crippen molar-refractivity contribution in [3.05, 3.63) is 44.0 Å². The van der Waals surface area contributed by atoms with Gasteiger partial charge in [0.15, 0.2) is 0 Å². The van der Waals surface area contributed by atoms with Gasteiger partial charge >= 0.3 is 12.0 Å². The number of halogens is 2. The summed E-state index contributed by atoms with van der Waals surface area (Å²) in [6.07, 6.45) is 6.46. The van der Waals surface area contributed by atoms with Crippen LogP contribution in [0.4, 0.5) is 4.79 Å². The molecule has 2 aliphatic rings. The van der Waals surface area contributed by atoms with Crippen molar-refractivity contribution in [1.82, 2.24) is 10.6 Å². The van der Waals surface area contributed by atoms with Crippen molar-refractivity contribution in [2.75, 3.05) is 6.61 Å². The highest BCUT2D eigenvalue weighted by atomic mass is 79.9. The molecule has 1 aliphatic heterocycles. The summed E-state index contributed by atoms with van der Waals surface area (Å²) in [6, 6.07) is 4.88. The van der Waals surface area contributed by atoms with Gasteiger partial charge in [0.25, 0.3) is 0 Å². The highest BCUT2D eigenvalue weighted by molar-refractivity contribution is 9.11. The molecule has 0 spiro atoms. The molecule has 0 saturated heterocycles. The Morgan fingerprint density at radius 3 is 2.44 bits per heavy atom. The standard InChI is InChI=1S/C20H24Br2N2O3/c1-2-16-17(19(25)27-11-12-6-4-3-5-7-12)18(24-20(26)23-16)13-8-14(21)10-15(22)9-13/h8-10,12,18H,2-7,11H2,1H3,(H2,23,24,26). The van der Waals surface area contributed by atoms with E-state index < -0.39 is 6.04 Å². The maximum Gasteiger partial charge on any atom is 0.338 e. The lowest BCUT2D eigenvalue weighted by atomic mass is 9.90. The Labute approximate surface area is 176 Å². The number of carbonyl (C=O) groups is 2. The lowest BCUT2D eigenvalue weighted by molar-refractivity contribution is -0.141. The molecule has 5 nitrogen and oxygen atoms in total. The van der Waals surface area contributed by atoms with E-state index in [1.54, 1.807) is 0 Å². The van der Waals surface area contributed by atoms with E-state index in [0.717, 1.165) is 27.4 Å². The van der Waals surface area contributed by atoms with Gasteiger partial charge in [0, 0.05) is 14.6 Å². The number of nitrogens with one attached hydrogen (secondary N) is 2.